The van der Waals surface area contributed by atoms with Crippen molar-refractivity contribution in [1.82, 2.24) is 9.62 Å². The molecular formula is C14H20N2O4S2. The minimum Gasteiger partial charge on any atom is -0.381 e. The van der Waals surface area contributed by atoms with Gasteiger partial charge in [-0.1, -0.05) is 6.07 Å². The average Bonchev–Trinajstić information content (AvgIpc) is 3.17. The van der Waals surface area contributed by atoms with E-state index in [1.54, 1.807) is 16.3 Å². The quantitative estimate of drug-likeness (QED) is 0.886. The second-order valence-corrected chi connectivity index (χ2v) is 8.92. The van der Waals surface area contributed by atoms with Crippen molar-refractivity contribution in [1.29, 1.82) is 0 Å². The summed E-state index contributed by atoms with van der Waals surface area (Å²) in [4.78, 5) is 14.1. The Kier molecular flexibility index (Phi) is 4.54. The van der Waals surface area contributed by atoms with Gasteiger partial charge in [-0.25, -0.2) is 13.1 Å². The number of carbonyl (C=O) groups excluding carboxylic acids is 1. The molecule has 2 fully saturated rings. The van der Waals surface area contributed by atoms with Crippen LogP contribution in [0.25, 0.3) is 0 Å². The average molecular weight is 344 g/mol. The Balaban J connectivity index is 1.58. The van der Waals surface area contributed by atoms with Gasteiger partial charge in [0.2, 0.25) is 5.91 Å². The smallest absolute Gasteiger partial charge is 0.250 e. The van der Waals surface area contributed by atoms with Crippen molar-refractivity contribution in [2.75, 3.05) is 32.8 Å². The Morgan fingerprint density at radius 1 is 1.45 bits per heavy atom. The van der Waals surface area contributed by atoms with Crippen molar-refractivity contribution < 1.29 is 17.9 Å². The van der Waals surface area contributed by atoms with Crippen molar-refractivity contribution in [3.63, 3.8) is 0 Å². The summed E-state index contributed by atoms with van der Waals surface area (Å²) in [5.41, 5.74) is 0.0839. The number of piperidine rings is 1. The Bertz CT molecular complexity index is 621. The predicted octanol–water partition coefficient (Wildman–Crippen LogP) is 1.06. The van der Waals surface area contributed by atoms with E-state index in [0.717, 1.165) is 37.2 Å². The van der Waals surface area contributed by atoms with Crippen LogP contribution in [0.15, 0.2) is 21.7 Å². The molecule has 0 bridgehead atoms. The minimum absolute atomic E-state index is 0.0839. The van der Waals surface area contributed by atoms with E-state index < -0.39 is 10.0 Å². The molecule has 3 rings (SSSR count). The summed E-state index contributed by atoms with van der Waals surface area (Å²) < 4.78 is 32.2. The monoisotopic (exact) mass is 344 g/mol. The molecule has 2 aliphatic rings. The van der Waals surface area contributed by atoms with Gasteiger partial charge in [0.25, 0.3) is 10.0 Å². The van der Waals surface area contributed by atoms with Gasteiger partial charge in [0.15, 0.2) is 0 Å². The van der Waals surface area contributed by atoms with E-state index in [1.807, 2.05) is 0 Å². The van der Waals surface area contributed by atoms with Crippen LogP contribution in [0.3, 0.4) is 0 Å². The van der Waals surface area contributed by atoms with Gasteiger partial charge >= 0.3 is 0 Å². The maximum atomic E-state index is 12.3. The van der Waals surface area contributed by atoms with E-state index in [9.17, 15) is 13.2 Å². The molecule has 8 heteroatoms. The molecule has 3 heterocycles. The number of ether oxygens (including phenoxy) is 1. The maximum Gasteiger partial charge on any atom is 0.250 e. The van der Waals surface area contributed by atoms with E-state index >= 15 is 0 Å². The zero-order chi connectivity index (χ0) is 15.6. The summed E-state index contributed by atoms with van der Waals surface area (Å²) in [6, 6.07) is 3.21. The zero-order valence-electron chi connectivity index (χ0n) is 12.3. The third kappa shape index (κ3) is 3.34. The number of hydrogen-bond donors (Lipinski definition) is 1. The highest BCUT2D eigenvalue weighted by Crippen LogP contribution is 2.37. The van der Waals surface area contributed by atoms with Gasteiger partial charge in [-0.2, -0.15) is 0 Å². The first-order chi connectivity index (χ1) is 10.5. The Morgan fingerprint density at radius 2 is 2.32 bits per heavy atom. The SMILES string of the molecule is O=C(CNS(=O)(=O)c1cccs1)N1CCCC2(CCOC2)C1. The highest BCUT2D eigenvalue weighted by molar-refractivity contribution is 7.91. The number of sulfonamides is 1. The zero-order valence-corrected chi connectivity index (χ0v) is 13.9. The number of nitrogens with one attached hydrogen (secondary N) is 1. The van der Waals surface area contributed by atoms with Gasteiger partial charge in [0.05, 0.1) is 13.2 Å². The molecule has 1 amide bonds. The lowest BCUT2D eigenvalue weighted by atomic mass is 9.79. The Labute approximate surface area is 134 Å². The van der Waals surface area contributed by atoms with E-state index in [4.69, 9.17) is 4.74 Å². The van der Waals surface area contributed by atoms with Crippen molar-refractivity contribution in [3.05, 3.63) is 17.5 Å². The third-order valence-corrected chi connectivity index (χ3v) is 7.17. The van der Waals surface area contributed by atoms with Crippen LogP contribution in [0.2, 0.25) is 0 Å². The van der Waals surface area contributed by atoms with E-state index in [0.29, 0.717) is 19.7 Å². The van der Waals surface area contributed by atoms with Crippen LogP contribution >= 0.6 is 11.3 Å². The number of likely N-dealkylation sites (tertiary alicyclic amines) is 1. The van der Waals surface area contributed by atoms with Crippen molar-refractivity contribution in [2.24, 2.45) is 5.41 Å². The van der Waals surface area contributed by atoms with Gasteiger partial charge in [-0.05, 0) is 30.7 Å². The second kappa shape index (κ2) is 6.27. The maximum absolute atomic E-state index is 12.3. The van der Waals surface area contributed by atoms with E-state index in [-0.39, 0.29) is 22.1 Å². The van der Waals surface area contributed by atoms with Crippen molar-refractivity contribution in [3.8, 4) is 0 Å². The lowest BCUT2D eigenvalue weighted by Crippen LogP contribution is -2.49. The van der Waals surface area contributed by atoms with Crippen LogP contribution in [-0.4, -0.2) is 52.1 Å². The molecule has 0 saturated carbocycles. The predicted molar refractivity (Wildman–Crippen MR) is 83.2 cm³/mol. The van der Waals surface area contributed by atoms with Crippen LogP contribution in [0.5, 0.6) is 0 Å². The molecular weight excluding hydrogens is 324 g/mol. The Morgan fingerprint density at radius 3 is 3.00 bits per heavy atom. The van der Waals surface area contributed by atoms with Crippen molar-refractivity contribution >= 4 is 27.3 Å². The molecule has 2 aliphatic heterocycles. The lowest BCUT2D eigenvalue weighted by molar-refractivity contribution is -0.133. The standard InChI is InChI=1S/C14H20N2O4S2/c17-12(9-15-22(18,19)13-3-1-8-21-13)16-6-2-4-14(10-16)5-7-20-11-14/h1,3,8,15H,2,4-7,9-11H2. The lowest BCUT2D eigenvalue weighted by Gasteiger charge is -2.39. The molecule has 1 aromatic heterocycles. The Hall–Kier alpha value is -0.960. The fourth-order valence-corrected chi connectivity index (χ4v) is 5.16. The number of thiophene rings is 1. The number of amides is 1. The van der Waals surface area contributed by atoms with Gasteiger partial charge in [-0.3, -0.25) is 4.79 Å². The fourth-order valence-electron chi connectivity index (χ4n) is 3.15. The summed E-state index contributed by atoms with van der Waals surface area (Å²) in [6.07, 6.45) is 3.02. The molecule has 122 valence electrons. The summed E-state index contributed by atoms with van der Waals surface area (Å²) in [6.45, 7) is 2.65. The molecule has 1 atom stereocenters. The van der Waals surface area contributed by atoms with Crippen LogP contribution in [0, 0.1) is 5.41 Å². The summed E-state index contributed by atoms with van der Waals surface area (Å²) in [7, 11) is -3.58. The molecule has 6 nitrogen and oxygen atoms in total. The first kappa shape index (κ1) is 15.9. The summed E-state index contributed by atoms with van der Waals surface area (Å²) >= 11 is 1.14. The van der Waals surface area contributed by atoms with Gasteiger partial charge < -0.3 is 9.64 Å². The summed E-state index contributed by atoms with van der Waals surface area (Å²) in [5.74, 6) is -0.161. The van der Waals surface area contributed by atoms with Gasteiger partial charge in [0.1, 0.15) is 4.21 Å². The highest BCUT2D eigenvalue weighted by atomic mass is 32.2. The normalized spacial score (nSPS) is 25.7. The second-order valence-electron chi connectivity index (χ2n) is 5.98. The largest absolute Gasteiger partial charge is 0.381 e. The molecule has 1 aromatic rings. The fraction of sp³-hybridized carbons (Fsp3) is 0.643. The molecule has 1 N–H and O–H groups in total. The van der Waals surface area contributed by atoms with Crippen LogP contribution in [-0.2, 0) is 19.6 Å². The van der Waals surface area contributed by atoms with E-state index in [2.05, 4.69) is 4.72 Å². The topological polar surface area (TPSA) is 75.7 Å². The van der Waals surface area contributed by atoms with E-state index in [1.165, 1.54) is 6.07 Å². The molecule has 0 aromatic carbocycles. The van der Waals surface area contributed by atoms with Gasteiger partial charge in [-0.15, -0.1) is 11.3 Å². The molecule has 0 aliphatic carbocycles. The molecule has 22 heavy (non-hydrogen) atoms. The third-order valence-electron chi connectivity index (χ3n) is 4.37. The number of rotatable bonds is 4. The minimum atomic E-state index is -3.58. The van der Waals surface area contributed by atoms with Gasteiger partial charge in [0, 0.05) is 25.1 Å². The first-order valence-corrected chi connectivity index (χ1v) is 9.76. The summed E-state index contributed by atoms with van der Waals surface area (Å²) in [5, 5.41) is 1.70. The molecule has 1 unspecified atom stereocenters. The van der Waals surface area contributed by atoms with Crippen LogP contribution in [0.1, 0.15) is 19.3 Å². The molecule has 1 spiro atoms. The molecule has 0 radical (unpaired) electrons. The number of nitrogens with zero attached hydrogens (tertiary/aromatic N) is 1. The van der Waals surface area contributed by atoms with Crippen LogP contribution < -0.4 is 4.72 Å². The molecule has 2 saturated heterocycles. The van der Waals surface area contributed by atoms with Crippen molar-refractivity contribution in [2.45, 2.75) is 23.5 Å². The van der Waals surface area contributed by atoms with Crippen LogP contribution in [0.4, 0.5) is 0 Å². The first-order valence-electron chi connectivity index (χ1n) is 7.40. The number of hydrogen-bond acceptors (Lipinski definition) is 5. The number of carbonyl (C=O) groups is 1. The highest BCUT2D eigenvalue weighted by Gasteiger charge is 2.40.